The van der Waals surface area contributed by atoms with Gasteiger partial charge in [0.05, 0.1) is 23.9 Å². The molecule has 0 aliphatic rings. The predicted octanol–water partition coefficient (Wildman–Crippen LogP) is 2.30. The summed E-state index contributed by atoms with van der Waals surface area (Å²) in [5.41, 5.74) is 0.300. The van der Waals surface area contributed by atoms with Crippen molar-refractivity contribution in [3.63, 3.8) is 0 Å². The summed E-state index contributed by atoms with van der Waals surface area (Å²) in [5.74, 6) is -0.502. The van der Waals surface area contributed by atoms with Gasteiger partial charge in [-0.3, -0.25) is 9.89 Å². The summed E-state index contributed by atoms with van der Waals surface area (Å²) in [6.45, 7) is -0.143. The van der Waals surface area contributed by atoms with E-state index in [1.165, 1.54) is 6.07 Å². The van der Waals surface area contributed by atoms with Gasteiger partial charge in [0, 0.05) is 25.3 Å². The Labute approximate surface area is 135 Å². The molecule has 2 N–H and O–H groups in total. The Kier molecular flexibility index (Phi) is 4.78. The van der Waals surface area contributed by atoms with Crippen LogP contribution >= 0.6 is 0 Å². The first-order valence-electron chi connectivity index (χ1n) is 6.83. The molecule has 1 aromatic carbocycles. The second-order valence-corrected chi connectivity index (χ2v) is 5.23. The lowest BCUT2D eigenvalue weighted by atomic mass is 10.1. The highest BCUT2D eigenvalue weighted by Gasteiger charge is 2.33. The first-order chi connectivity index (χ1) is 11.2. The number of anilines is 1. The number of nitriles is 1. The zero-order chi connectivity index (χ0) is 17.9. The van der Waals surface area contributed by atoms with Crippen LogP contribution in [0.15, 0.2) is 24.3 Å². The van der Waals surface area contributed by atoms with Gasteiger partial charge in [0.15, 0.2) is 5.69 Å². The molecule has 2 rings (SSSR count). The average molecular weight is 337 g/mol. The van der Waals surface area contributed by atoms with E-state index in [0.29, 0.717) is 11.3 Å². The van der Waals surface area contributed by atoms with E-state index in [1.54, 1.807) is 31.1 Å². The third-order valence-corrected chi connectivity index (χ3v) is 3.19. The van der Waals surface area contributed by atoms with Gasteiger partial charge in [-0.15, -0.1) is 0 Å². The van der Waals surface area contributed by atoms with Crippen LogP contribution in [0, 0.1) is 11.3 Å². The molecule has 0 radical (unpaired) electrons. The summed E-state index contributed by atoms with van der Waals surface area (Å²) < 4.78 is 37.4. The van der Waals surface area contributed by atoms with Crippen LogP contribution in [-0.4, -0.2) is 30.2 Å². The molecule has 0 saturated carbocycles. The van der Waals surface area contributed by atoms with E-state index in [4.69, 9.17) is 5.26 Å². The smallest absolute Gasteiger partial charge is 0.378 e. The maximum absolute atomic E-state index is 12.5. The van der Waals surface area contributed by atoms with Crippen molar-refractivity contribution in [2.45, 2.75) is 12.7 Å². The summed E-state index contributed by atoms with van der Waals surface area (Å²) >= 11 is 0. The molecule has 0 unspecified atom stereocenters. The van der Waals surface area contributed by atoms with Crippen molar-refractivity contribution in [1.82, 2.24) is 15.5 Å². The topological polar surface area (TPSA) is 84.8 Å². The molecule has 1 amide bonds. The molecule has 0 spiro atoms. The molecule has 2 aromatic rings. The van der Waals surface area contributed by atoms with Gasteiger partial charge in [-0.2, -0.15) is 23.5 Å². The Bertz CT molecular complexity index is 789. The highest BCUT2D eigenvalue weighted by Crippen LogP contribution is 2.27. The van der Waals surface area contributed by atoms with E-state index in [2.05, 4.69) is 15.5 Å². The molecule has 0 saturated heterocycles. The molecule has 9 heteroatoms. The first-order valence-corrected chi connectivity index (χ1v) is 6.83. The molecular weight excluding hydrogens is 323 g/mol. The number of hydrogen-bond donors (Lipinski definition) is 2. The Hall–Kier alpha value is -3.02. The monoisotopic (exact) mass is 337 g/mol. The molecule has 0 bridgehead atoms. The number of aromatic nitrogens is 2. The maximum Gasteiger partial charge on any atom is 0.435 e. The number of rotatable bonds is 4. The summed E-state index contributed by atoms with van der Waals surface area (Å²) in [5, 5.41) is 16.9. The van der Waals surface area contributed by atoms with E-state index in [1.807, 2.05) is 6.07 Å². The number of carbonyl (C=O) groups excluding carboxylic acids is 1. The predicted molar refractivity (Wildman–Crippen MR) is 80.2 cm³/mol. The number of halogens is 3. The maximum atomic E-state index is 12.5. The number of nitrogens with zero attached hydrogens (tertiary/aromatic N) is 3. The van der Waals surface area contributed by atoms with E-state index in [-0.39, 0.29) is 17.8 Å². The van der Waals surface area contributed by atoms with Crippen LogP contribution in [0.25, 0.3) is 0 Å². The molecule has 6 nitrogen and oxygen atoms in total. The fraction of sp³-hybridized carbons (Fsp3) is 0.267. The van der Waals surface area contributed by atoms with Crippen molar-refractivity contribution < 1.29 is 18.0 Å². The van der Waals surface area contributed by atoms with Crippen molar-refractivity contribution in [2.75, 3.05) is 19.0 Å². The molecule has 126 valence electrons. The highest BCUT2D eigenvalue weighted by atomic mass is 19.4. The number of aromatic amines is 1. The van der Waals surface area contributed by atoms with Gasteiger partial charge in [0.25, 0.3) is 5.91 Å². The third-order valence-electron chi connectivity index (χ3n) is 3.19. The van der Waals surface area contributed by atoms with Gasteiger partial charge in [-0.1, -0.05) is 0 Å². The van der Waals surface area contributed by atoms with Crippen LogP contribution in [-0.2, 0) is 12.7 Å². The van der Waals surface area contributed by atoms with E-state index < -0.39 is 17.8 Å². The molecule has 0 aliphatic heterocycles. The van der Waals surface area contributed by atoms with Crippen molar-refractivity contribution >= 4 is 11.6 Å². The van der Waals surface area contributed by atoms with Gasteiger partial charge >= 0.3 is 6.18 Å². The van der Waals surface area contributed by atoms with Crippen molar-refractivity contribution in [3.8, 4) is 6.07 Å². The normalized spacial score (nSPS) is 11.0. The zero-order valence-corrected chi connectivity index (χ0v) is 12.9. The second-order valence-electron chi connectivity index (χ2n) is 5.23. The number of amides is 1. The summed E-state index contributed by atoms with van der Waals surface area (Å²) in [6, 6.07) is 7.42. The van der Waals surface area contributed by atoms with Crippen LogP contribution in [0.2, 0.25) is 0 Å². The molecule has 24 heavy (non-hydrogen) atoms. The van der Waals surface area contributed by atoms with E-state index in [9.17, 15) is 18.0 Å². The molecule has 0 fully saturated rings. The van der Waals surface area contributed by atoms with Crippen LogP contribution in [0.3, 0.4) is 0 Å². The number of benzene rings is 1. The summed E-state index contributed by atoms with van der Waals surface area (Å²) in [4.78, 5) is 13.9. The Morgan fingerprint density at radius 3 is 2.58 bits per heavy atom. The van der Waals surface area contributed by atoms with Gasteiger partial charge in [0.1, 0.15) is 0 Å². The fourth-order valence-corrected chi connectivity index (χ4v) is 1.94. The number of H-pyrrole nitrogens is 1. The third kappa shape index (κ3) is 4.04. The zero-order valence-electron chi connectivity index (χ0n) is 12.9. The molecule has 1 aromatic heterocycles. The Balaban J connectivity index is 2.11. The number of hydrogen-bond acceptors (Lipinski definition) is 4. The van der Waals surface area contributed by atoms with Gasteiger partial charge in [0.2, 0.25) is 0 Å². The van der Waals surface area contributed by atoms with Gasteiger partial charge < -0.3 is 10.2 Å². The van der Waals surface area contributed by atoms with Gasteiger partial charge in [-0.05, 0) is 24.3 Å². The number of carbonyl (C=O) groups is 1. The minimum absolute atomic E-state index is 0.125. The lowest BCUT2D eigenvalue weighted by molar-refractivity contribution is -0.141. The molecule has 0 atom stereocenters. The van der Waals surface area contributed by atoms with Crippen LogP contribution in [0.4, 0.5) is 18.9 Å². The second kappa shape index (κ2) is 6.62. The standard InChI is InChI=1S/C15H14F3N5O/c1-23(2)12-4-9(7-19)3-10(5-12)14(24)20-8-11-6-13(22-21-11)15(16,17)18/h3-6H,8H2,1-2H3,(H,20,24)(H,21,22). The summed E-state index contributed by atoms with van der Waals surface area (Å²) in [6.07, 6.45) is -4.54. The van der Waals surface area contributed by atoms with Gasteiger partial charge in [-0.25, -0.2) is 0 Å². The number of alkyl halides is 3. The minimum atomic E-state index is -4.54. The van der Waals surface area contributed by atoms with E-state index in [0.717, 1.165) is 6.07 Å². The summed E-state index contributed by atoms with van der Waals surface area (Å²) in [7, 11) is 3.53. The van der Waals surface area contributed by atoms with Crippen LogP contribution in [0.1, 0.15) is 27.3 Å². The lowest BCUT2D eigenvalue weighted by Gasteiger charge is -2.14. The fourth-order valence-electron chi connectivity index (χ4n) is 1.94. The van der Waals surface area contributed by atoms with Crippen molar-refractivity contribution in [3.05, 3.63) is 46.8 Å². The molecule has 1 heterocycles. The van der Waals surface area contributed by atoms with Crippen molar-refractivity contribution in [2.24, 2.45) is 0 Å². The van der Waals surface area contributed by atoms with E-state index >= 15 is 0 Å². The first kappa shape index (κ1) is 17.3. The van der Waals surface area contributed by atoms with Crippen molar-refractivity contribution in [1.29, 1.82) is 5.26 Å². The molecular formula is C15H14F3N5O. The number of nitrogens with one attached hydrogen (secondary N) is 2. The molecule has 0 aliphatic carbocycles. The highest BCUT2D eigenvalue weighted by molar-refractivity contribution is 5.95. The van der Waals surface area contributed by atoms with Crippen LogP contribution < -0.4 is 10.2 Å². The average Bonchev–Trinajstić information content (AvgIpc) is 3.01. The quantitative estimate of drug-likeness (QED) is 0.896. The largest absolute Gasteiger partial charge is 0.435 e. The Morgan fingerprint density at radius 2 is 2.04 bits per heavy atom. The minimum Gasteiger partial charge on any atom is -0.378 e. The van der Waals surface area contributed by atoms with Crippen LogP contribution in [0.5, 0.6) is 0 Å². The lowest BCUT2D eigenvalue weighted by Crippen LogP contribution is -2.23. The Morgan fingerprint density at radius 1 is 1.33 bits per heavy atom. The SMILES string of the molecule is CN(C)c1cc(C#N)cc(C(=O)NCc2cc(C(F)(F)F)n[nH]2)c1.